The molecule has 1 unspecified atom stereocenters. The minimum Gasteiger partial charge on any atom is -0.497 e. The first kappa shape index (κ1) is 15.1. The molecule has 22 heavy (non-hydrogen) atoms. The summed E-state index contributed by atoms with van der Waals surface area (Å²) in [5.41, 5.74) is 1.81. The molecule has 1 aliphatic carbocycles. The Bertz CT molecular complexity index is 613. The van der Waals surface area contributed by atoms with E-state index in [2.05, 4.69) is 18.7 Å². The smallest absolute Gasteiger partial charge is 0.179 e. The summed E-state index contributed by atoms with van der Waals surface area (Å²) >= 11 is 0. The normalized spacial score (nSPS) is 25.5. The quantitative estimate of drug-likeness (QED) is 0.802. The Morgan fingerprint density at radius 2 is 2.18 bits per heavy atom. The number of ether oxygens (including phenoxy) is 3. The fraction of sp³-hybridized carbons (Fsp3) is 0.500. The SMILES string of the molecule is C=CCC1(CC#N)c2cc(OC)ccc2CCC12OCCO2. The number of aryl methyl sites for hydroxylation is 1. The molecule has 0 saturated carbocycles. The molecule has 1 aromatic carbocycles. The first-order valence-electron chi connectivity index (χ1n) is 7.64. The second kappa shape index (κ2) is 5.75. The van der Waals surface area contributed by atoms with E-state index in [0.717, 1.165) is 24.2 Å². The molecule has 1 saturated heterocycles. The molecule has 4 nitrogen and oxygen atoms in total. The predicted molar refractivity (Wildman–Crippen MR) is 82.7 cm³/mol. The van der Waals surface area contributed by atoms with Gasteiger partial charge in [0.25, 0.3) is 0 Å². The molecule has 2 aliphatic rings. The lowest BCUT2D eigenvalue weighted by Crippen LogP contribution is -2.55. The second-order valence-electron chi connectivity index (χ2n) is 5.88. The van der Waals surface area contributed by atoms with Crippen molar-refractivity contribution in [2.24, 2.45) is 0 Å². The number of allylic oxidation sites excluding steroid dienone is 1. The van der Waals surface area contributed by atoms with E-state index < -0.39 is 11.2 Å². The molecule has 1 atom stereocenters. The van der Waals surface area contributed by atoms with Gasteiger partial charge in [-0.3, -0.25) is 0 Å². The summed E-state index contributed by atoms with van der Waals surface area (Å²) in [5.74, 6) is 0.0659. The number of hydrogen-bond donors (Lipinski definition) is 0. The molecule has 1 aromatic rings. The largest absolute Gasteiger partial charge is 0.497 e. The minimum atomic E-state index is -0.726. The van der Waals surface area contributed by atoms with Crippen molar-refractivity contribution in [2.75, 3.05) is 20.3 Å². The van der Waals surface area contributed by atoms with Gasteiger partial charge in [-0.1, -0.05) is 12.1 Å². The fourth-order valence-corrected chi connectivity index (χ4v) is 3.91. The lowest BCUT2D eigenvalue weighted by Gasteiger charge is -2.49. The maximum absolute atomic E-state index is 9.48. The van der Waals surface area contributed by atoms with E-state index in [9.17, 15) is 5.26 Å². The van der Waals surface area contributed by atoms with Crippen LogP contribution in [0.2, 0.25) is 0 Å². The molecule has 4 heteroatoms. The number of nitriles is 1. The van der Waals surface area contributed by atoms with Crippen LogP contribution in [0.5, 0.6) is 5.75 Å². The lowest BCUT2D eigenvalue weighted by atomic mass is 9.62. The van der Waals surface area contributed by atoms with Gasteiger partial charge in [-0.05, 0) is 36.1 Å². The summed E-state index contributed by atoms with van der Waals surface area (Å²) < 4.78 is 17.5. The summed E-state index contributed by atoms with van der Waals surface area (Å²) in [6.07, 6.45) is 4.48. The molecule has 3 rings (SSSR count). The van der Waals surface area contributed by atoms with Crippen LogP contribution < -0.4 is 4.74 Å². The zero-order valence-electron chi connectivity index (χ0n) is 12.9. The number of fused-ring (bicyclic) bond motifs is 1. The van der Waals surface area contributed by atoms with Crippen LogP contribution in [-0.4, -0.2) is 26.1 Å². The van der Waals surface area contributed by atoms with Gasteiger partial charge in [0.05, 0.1) is 38.2 Å². The molecule has 0 radical (unpaired) electrons. The standard InChI is InChI=1S/C18H21NO3/c1-3-7-17(9-10-19)16-13-15(20-2)5-4-14(16)6-8-18(17)21-11-12-22-18/h3-5,13H,1,6-9,11-12H2,2H3. The number of rotatable bonds is 4. The summed E-state index contributed by atoms with van der Waals surface area (Å²) in [6.45, 7) is 5.05. The Morgan fingerprint density at radius 3 is 2.82 bits per heavy atom. The number of hydrogen-bond acceptors (Lipinski definition) is 4. The van der Waals surface area contributed by atoms with Crippen LogP contribution in [0.4, 0.5) is 0 Å². The zero-order valence-corrected chi connectivity index (χ0v) is 12.9. The van der Waals surface area contributed by atoms with E-state index in [4.69, 9.17) is 14.2 Å². The Balaban J connectivity index is 2.21. The van der Waals surface area contributed by atoms with Gasteiger partial charge in [-0.2, -0.15) is 5.26 Å². The van der Waals surface area contributed by atoms with E-state index in [1.165, 1.54) is 5.56 Å². The first-order chi connectivity index (χ1) is 10.7. The first-order valence-corrected chi connectivity index (χ1v) is 7.64. The number of benzene rings is 1. The van der Waals surface area contributed by atoms with Gasteiger partial charge >= 0.3 is 0 Å². The van der Waals surface area contributed by atoms with Gasteiger partial charge in [0.1, 0.15) is 5.75 Å². The van der Waals surface area contributed by atoms with Crippen LogP contribution in [0.3, 0.4) is 0 Å². The minimum absolute atomic E-state index is 0.333. The van der Waals surface area contributed by atoms with Gasteiger partial charge in [-0.25, -0.2) is 0 Å². The second-order valence-corrected chi connectivity index (χ2v) is 5.88. The van der Waals surface area contributed by atoms with Crippen molar-refractivity contribution in [2.45, 2.75) is 36.9 Å². The van der Waals surface area contributed by atoms with E-state index >= 15 is 0 Å². The van der Waals surface area contributed by atoms with Crippen LogP contribution in [0.1, 0.15) is 30.4 Å². The third-order valence-electron chi connectivity index (χ3n) is 4.91. The molecule has 1 heterocycles. The third kappa shape index (κ3) is 2.05. The summed E-state index contributed by atoms with van der Waals surface area (Å²) in [6, 6.07) is 8.43. The van der Waals surface area contributed by atoms with Crippen LogP contribution >= 0.6 is 0 Å². The van der Waals surface area contributed by atoms with E-state index in [1.54, 1.807) is 7.11 Å². The molecular weight excluding hydrogens is 278 g/mol. The highest BCUT2D eigenvalue weighted by Crippen LogP contribution is 2.53. The van der Waals surface area contributed by atoms with Crippen molar-refractivity contribution in [3.05, 3.63) is 42.0 Å². The van der Waals surface area contributed by atoms with Gasteiger partial charge < -0.3 is 14.2 Å². The highest BCUT2D eigenvalue weighted by Gasteiger charge is 2.58. The predicted octanol–water partition coefficient (Wildman–Crippen LogP) is 3.11. The van der Waals surface area contributed by atoms with Crippen molar-refractivity contribution < 1.29 is 14.2 Å². The topological polar surface area (TPSA) is 51.5 Å². The summed E-state index contributed by atoms with van der Waals surface area (Å²) in [7, 11) is 1.66. The van der Waals surface area contributed by atoms with Crippen molar-refractivity contribution in [1.29, 1.82) is 5.26 Å². The number of methoxy groups -OCH3 is 1. The lowest BCUT2D eigenvalue weighted by molar-refractivity contribution is -0.216. The monoisotopic (exact) mass is 299 g/mol. The van der Waals surface area contributed by atoms with E-state index in [-0.39, 0.29) is 0 Å². The van der Waals surface area contributed by atoms with Crippen LogP contribution in [0.15, 0.2) is 30.9 Å². The van der Waals surface area contributed by atoms with Gasteiger partial charge in [0.15, 0.2) is 5.79 Å². The van der Waals surface area contributed by atoms with Crippen LogP contribution in [0, 0.1) is 11.3 Å². The highest BCUT2D eigenvalue weighted by atomic mass is 16.7. The third-order valence-corrected chi connectivity index (χ3v) is 4.91. The van der Waals surface area contributed by atoms with Gasteiger partial charge in [-0.15, -0.1) is 6.58 Å². The maximum Gasteiger partial charge on any atom is 0.179 e. The maximum atomic E-state index is 9.48. The molecule has 0 bridgehead atoms. The summed E-state index contributed by atoms with van der Waals surface area (Å²) in [5, 5.41) is 9.48. The molecular formula is C18H21NO3. The molecule has 116 valence electrons. The Hall–Kier alpha value is -1.83. The summed E-state index contributed by atoms with van der Waals surface area (Å²) in [4.78, 5) is 0. The molecule has 0 aromatic heterocycles. The molecule has 1 fully saturated rings. The van der Waals surface area contributed by atoms with E-state index in [1.807, 2.05) is 18.2 Å². The highest BCUT2D eigenvalue weighted by molar-refractivity contribution is 5.46. The Morgan fingerprint density at radius 1 is 1.41 bits per heavy atom. The molecule has 0 N–H and O–H groups in total. The van der Waals surface area contributed by atoms with Crippen molar-refractivity contribution >= 4 is 0 Å². The van der Waals surface area contributed by atoms with Crippen molar-refractivity contribution in [3.63, 3.8) is 0 Å². The average molecular weight is 299 g/mol. The zero-order chi connectivity index (χ0) is 15.6. The molecule has 1 aliphatic heterocycles. The van der Waals surface area contributed by atoms with Crippen LogP contribution in [0.25, 0.3) is 0 Å². The van der Waals surface area contributed by atoms with Gasteiger partial charge in [0, 0.05) is 6.42 Å². The average Bonchev–Trinajstić information content (AvgIpc) is 3.01. The van der Waals surface area contributed by atoms with Gasteiger partial charge in [0.2, 0.25) is 0 Å². The Kier molecular flexibility index (Phi) is 3.94. The van der Waals surface area contributed by atoms with Crippen LogP contribution in [-0.2, 0) is 21.3 Å². The van der Waals surface area contributed by atoms with Crippen molar-refractivity contribution in [1.82, 2.24) is 0 Å². The Labute approximate surface area is 131 Å². The molecule has 0 amide bonds. The molecule has 1 spiro atoms. The van der Waals surface area contributed by atoms with Crippen molar-refractivity contribution in [3.8, 4) is 11.8 Å². The fourth-order valence-electron chi connectivity index (χ4n) is 3.91. The number of nitrogens with zero attached hydrogens (tertiary/aromatic N) is 1. The van der Waals surface area contributed by atoms with E-state index in [0.29, 0.717) is 26.1 Å².